The van der Waals surface area contributed by atoms with Crippen molar-refractivity contribution in [1.82, 2.24) is 9.88 Å². The molecule has 1 aromatic heterocycles. The summed E-state index contributed by atoms with van der Waals surface area (Å²) in [6.07, 6.45) is 5.36. The molecule has 1 heterocycles. The fourth-order valence-electron chi connectivity index (χ4n) is 2.42. The molecule has 0 bridgehead atoms. The summed E-state index contributed by atoms with van der Waals surface area (Å²) >= 11 is 7.56. The Balaban J connectivity index is 1.98. The van der Waals surface area contributed by atoms with Crippen molar-refractivity contribution in [2.75, 3.05) is 13.6 Å². The SMILES string of the molecule is CCC(c1nc(CCl)cs1)N(C)CC1CCC1. The second-order valence-corrected chi connectivity index (χ2v) is 6.13. The zero-order chi connectivity index (χ0) is 12.3. The first-order valence-corrected chi connectivity index (χ1v) is 7.86. The molecule has 1 fully saturated rings. The lowest BCUT2D eigenvalue weighted by atomic mass is 9.85. The summed E-state index contributed by atoms with van der Waals surface area (Å²) in [7, 11) is 2.23. The number of halogens is 1. The average Bonchev–Trinajstić information content (AvgIpc) is 2.73. The van der Waals surface area contributed by atoms with Crippen LogP contribution >= 0.6 is 22.9 Å². The molecule has 2 nitrogen and oxygen atoms in total. The predicted octanol–water partition coefficient (Wildman–Crippen LogP) is 4.06. The van der Waals surface area contributed by atoms with Gasteiger partial charge < -0.3 is 0 Å². The number of nitrogens with zero attached hydrogens (tertiary/aromatic N) is 2. The fraction of sp³-hybridized carbons (Fsp3) is 0.769. The lowest BCUT2D eigenvalue weighted by molar-refractivity contribution is 0.158. The van der Waals surface area contributed by atoms with Gasteiger partial charge in [-0.05, 0) is 32.2 Å². The lowest BCUT2D eigenvalue weighted by Crippen LogP contribution is -2.32. The van der Waals surface area contributed by atoms with Gasteiger partial charge in [0.15, 0.2) is 0 Å². The topological polar surface area (TPSA) is 16.1 Å². The van der Waals surface area contributed by atoms with E-state index >= 15 is 0 Å². The molecule has 2 rings (SSSR count). The van der Waals surface area contributed by atoms with Crippen molar-refractivity contribution in [2.45, 2.75) is 44.5 Å². The quantitative estimate of drug-likeness (QED) is 0.726. The van der Waals surface area contributed by atoms with Crippen LogP contribution in [0.2, 0.25) is 0 Å². The third-order valence-electron chi connectivity index (χ3n) is 3.68. The van der Waals surface area contributed by atoms with Gasteiger partial charge in [0.1, 0.15) is 5.01 Å². The Morgan fingerprint density at radius 1 is 1.59 bits per heavy atom. The number of hydrogen-bond acceptors (Lipinski definition) is 3. The summed E-state index contributed by atoms with van der Waals surface area (Å²) in [5.74, 6) is 1.45. The molecule has 0 radical (unpaired) electrons. The van der Waals surface area contributed by atoms with Crippen LogP contribution in [0.15, 0.2) is 5.38 Å². The predicted molar refractivity (Wildman–Crippen MR) is 74.7 cm³/mol. The van der Waals surface area contributed by atoms with E-state index in [0.717, 1.165) is 18.0 Å². The van der Waals surface area contributed by atoms with E-state index in [2.05, 4.69) is 29.2 Å². The molecule has 0 aromatic carbocycles. The van der Waals surface area contributed by atoms with Crippen molar-refractivity contribution in [3.63, 3.8) is 0 Å². The molecule has 17 heavy (non-hydrogen) atoms. The van der Waals surface area contributed by atoms with Crippen molar-refractivity contribution in [3.8, 4) is 0 Å². The van der Waals surface area contributed by atoms with Crippen LogP contribution in [0.3, 0.4) is 0 Å². The molecule has 0 amide bonds. The van der Waals surface area contributed by atoms with Crippen LogP contribution in [0, 0.1) is 5.92 Å². The second-order valence-electron chi connectivity index (χ2n) is 4.97. The standard InChI is InChI=1S/C13H21ClN2S/c1-3-12(13-15-11(7-14)9-17-13)16(2)8-10-5-4-6-10/h9-10,12H,3-8H2,1-2H3. The first kappa shape index (κ1) is 13.3. The van der Waals surface area contributed by atoms with Gasteiger partial charge in [-0.3, -0.25) is 4.90 Å². The Labute approximate surface area is 113 Å². The summed E-state index contributed by atoms with van der Waals surface area (Å²) in [5, 5.41) is 3.31. The van der Waals surface area contributed by atoms with E-state index in [1.165, 1.54) is 30.8 Å². The smallest absolute Gasteiger partial charge is 0.110 e. The highest BCUT2D eigenvalue weighted by Crippen LogP contribution is 2.32. The van der Waals surface area contributed by atoms with E-state index in [1.807, 2.05) is 0 Å². The fourth-order valence-corrected chi connectivity index (χ4v) is 3.72. The third kappa shape index (κ3) is 3.21. The monoisotopic (exact) mass is 272 g/mol. The van der Waals surface area contributed by atoms with E-state index in [0.29, 0.717) is 11.9 Å². The van der Waals surface area contributed by atoms with Gasteiger partial charge in [0, 0.05) is 11.9 Å². The molecule has 0 spiro atoms. The first-order chi connectivity index (χ1) is 8.24. The van der Waals surface area contributed by atoms with Crippen LogP contribution in [0.4, 0.5) is 0 Å². The molecule has 1 saturated carbocycles. The molecule has 4 heteroatoms. The summed E-state index contributed by atoms with van der Waals surface area (Å²) in [6, 6.07) is 0.470. The Morgan fingerprint density at radius 3 is 2.82 bits per heavy atom. The minimum atomic E-state index is 0.470. The van der Waals surface area contributed by atoms with Crippen molar-refractivity contribution in [1.29, 1.82) is 0 Å². The Kier molecular flexibility index (Phi) is 4.83. The highest BCUT2D eigenvalue weighted by molar-refractivity contribution is 7.09. The van der Waals surface area contributed by atoms with Crippen LogP contribution in [-0.2, 0) is 5.88 Å². The molecule has 1 aliphatic rings. The largest absolute Gasteiger partial charge is 0.297 e. The van der Waals surface area contributed by atoms with Crippen molar-refractivity contribution in [2.24, 2.45) is 5.92 Å². The number of thiazole rings is 1. The molecule has 1 atom stereocenters. The van der Waals surface area contributed by atoms with Gasteiger partial charge in [-0.15, -0.1) is 22.9 Å². The van der Waals surface area contributed by atoms with Gasteiger partial charge in [0.25, 0.3) is 0 Å². The van der Waals surface area contributed by atoms with Gasteiger partial charge in [-0.2, -0.15) is 0 Å². The molecular weight excluding hydrogens is 252 g/mol. The molecule has 96 valence electrons. The van der Waals surface area contributed by atoms with Crippen LogP contribution in [-0.4, -0.2) is 23.5 Å². The number of rotatable bonds is 6. The van der Waals surface area contributed by atoms with Crippen LogP contribution in [0.25, 0.3) is 0 Å². The average molecular weight is 273 g/mol. The maximum absolute atomic E-state index is 5.81. The molecule has 1 aliphatic carbocycles. The highest BCUT2D eigenvalue weighted by Gasteiger charge is 2.24. The number of aromatic nitrogens is 1. The zero-order valence-electron chi connectivity index (χ0n) is 10.7. The number of hydrogen-bond donors (Lipinski definition) is 0. The van der Waals surface area contributed by atoms with Gasteiger partial charge in [0.2, 0.25) is 0 Å². The Morgan fingerprint density at radius 2 is 2.35 bits per heavy atom. The van der Waals surface area contributed by atoms with E-state index in [-0.39, 0.29) is 0 Å². The van der Waals surface area contributed by atoms with Crippen LogP contribution in [0.5, 0.6) is 0 Å². The maximum Gasteiger partial charge on any atom is 0.110 e. The maximum atomic E-state index is 5.81. The molecule has 0 saturated heterocycles. The summed E-state index contributed by atoms with van der Waals surface area (Å²) in [6.45, 7) is 3.46. The zero-order valence-corrected chi connectivity index (χ0v) is 12.2. The summed E-state index contributed by atoms with van der Waals surface area (Å²) < 4.78 is 0. The van der Waals surface area contributed by atoms with E-state index in [4.69, 9.17) is 11.6 Å². The normalized spacial score (nSPS) is 18.4. The van der Waals surface area contributed by atoms with Gasteiger partial charge >= 0.3 is 0 Å². The Bertz CT molecular complexity index is 349. The summed E-state index contributed by atoms with van der Waals surface area (Å²) in [5.41, 5.74) is 1.02. The van der Waals surface area contributed by atoms with E-state index < -0.39 is 0 Å². The molecular formula is C13H21ClN2S. The minimum absolute atomic E-state index is 0.470. The van der Waals surface area contributed by atoms with Crippen molar-refractivity contribution >= 4 is 22.9 Å². The van der Waals surface area contributed by atoms with Gasteiger partial charge in [-0.1, -0.05) is 13.3 Å². The molecule has 0 N–H and O–H groups in total. The highest BCUT2D eigenvalue weighted by atomic mass is 35.5. The van der Waals surface area contributed by atoms with E-state index in [1.54, 1.807) is 11.3 Å². The Hall–Kier alpha value is -0.120. The molecule has 1 aromatic rings. The van der Waals surface area contributed by atoms with Gasteiger partial charge in [-0.25, -0.2) is 4.98 Å². The van der Waals surface area contributed by atoms with Crippen LogP contribution < -0.4 is 0 Å². The van der Waals surface area contributed by atoms with Crippen molar-refractivity contribution in [3.05, 3.63) is 16.1 Å². The van der Waals surface area contributed by atoms with E-state index in [9.17, 15) is 0 Å². The molecule has 0 aliphatic heterocycles. The van der Waals surface area contributed by atoms with Gasteiger partial charge in [0.05, 0.1) is 17.6 Å². The first-order valence-electron chi connectivity index (χ1n) is 6.45. The van der Waals surface area contributed by atoms with Crippen molar-refractivity contribution < 1.29 is 0 Å². The minimum Gasteiger partial charge on any atom is -0.297 e. The number of alkyl halides is 1. The lowest BCUT2D eigenvalue weighted by Gasteiger charge is -2.33. The third-order valence-corrected chi connectivity index (χ3v) is 4.95. The van der Waals surface area contributed by atoms with Crippen LogP contribution in [0.1, 0.15) is 49.4 Å². The summed E-state index contributed by atoms with van der Waals surface area (Å²) in [4.78, 5) is 7.09. The second kappa shape index (κ2) is 6.17. The molecule has 1 unspecified atom stereocenters.